The van der Waals surface area contributed by atoms with E-state index in [9.17, 15) is 9.59 Å². The minimum Gasteiger partial charge on any atom is -0.486 e. The molecular weight excluding hydrogens is 356 g/mol. The van der Waals surface area contributed by atoms with Crippen molar-refractivity contribution in [1.82, 2.24) is 4.90 Å². The van der Waals surface area contributed by atoms with Gasteiger partial charge in [-0.2, -0.15) is 0 Å². The lowest BCUT2D eigenvalue weighted by atomic mass is 9.87. The molecule has 1 saturated heterocycles. The summed E-state index contributed by atoms with van der Waals surface area (Å²) in [6.07, 6.45) is 1.40. The smallest absolute Gasteiger partial charge is 0.239 e. The molecule has 0 bridgehead atoms. The van der Waals surface area contributed by atoms with Crippen LogP contribution in [0, 0.1) is 5.92 Å². The molecule has 2 aliphatic heterocycles. The summed E-state index contributed by atoms with van der Waals surface area (Å²) in [7, 11) is 0. The molecule has 0 aromatic heterocycles. The van der Waals surface area contributed by atoms with Gasteiger partial charge < -0.3 is 15.2 Å². The highest BCUT2D eigenvalue weighted by Gasteiger charge is 2.32. The molecule has 4 rings (SSSR count). The van der Waals surface area contributed by atoms with Crippen LogP contribution in [0.15, 0.2) is 48.5 Å². The van der Waals surface area contributed by atoms with Gasteiger partial charge in [0, 0.05) is 11.5 Å². The number of amides is 1. The molecule has 6 heteroatoms. The van der Waals surface area contributed by atoms with Gasteiger partial charge in [-0.15, -0.1) is 0 Å². The summed E-state index contributed by atoms with van der Waals surface area (Å²) in [5.74, 6) is 1.01. The number of benzene rings is 2. The topological polar surface area (TPSA) is 81.9 Å². The molecular formula is C22H24N2O4. The molecule has 2 aromatic rings. The molecule has 2 heterocycles. The predicted octanol–water partition coefficient (Wildman–Crippen LogP) is 2.58. The van der Waals surface area contributed by atoms with Crippen molar-refractivity contribution in [2.45, 2.75) is 18.9 Å². The first-order valence-corrected chi connectivity index (χ1v) is 9.65. The molecule has 146 valence electrons. The average Bonchev–Trinajstić information content (AvgIpc) is 2.74. The first kappa shape index (κ1) is 18.5. The third-order valence-corrected chi connectivity index (χ3v) is 5.48. The van der Waals surface area contributed by atoms with Crippen molar-refractivity contribution in [2.75, 3.05) is 26.3 Å². The van der Waals surface area contributed by atoms with E-state index in [0.29, 0.717) is 56.2 Å². The fourth-order valence-corrected chi connectivity index (χ4v) is 4.04. The minimum absolute atomic E-state index is 0.0666. The van der Waals surface area contributed by atoms with E-state index in [4.69, 9.17) is 15.2 Å². The zero-order valence-corrected chi connectivity index (χ0v) is 15.7. The van der Waals surface area contributed by atoms with Crippen molar-refractivity contribution in [3.63, 3.8) is 0 Å². The van der Waals surface area contributed by atoms with Crippen LogP contribution in [0.2, 0.25) is 0 Å². The van der Waals surface area contributed by atoms with Gasteiger partial charge in [0.15, 0.2) is 17.3 Å². The molecule has 1 fully saturated rings. The Labute approximate surface area is 164 Å². The normalized spacial score (nSPS) is 18.4. The molecule has 1 unspecified atom stereocenters. The van der Waals surface area contributed by atoms with E-state index in [1.54, 1.807) is 18.2 Å². The van der Waals surface area contributed by atoms with Crippen LogP contribution in [0.4, 0.5) is 0 Å². The molecule has 6 nitrogen and oxygen atoms in total. The lowest BCUT2D eigenvalue weighted by Crippen LogP contribution is -2.43. The SMILES string of the molecule is NC(=O)C(c1ccccc1)N1CCC(C(=O)c2ccc3c(c2)OCCO3)CC1. The zero-order chi connectivity index (χ0) is 19.5. The fraction of sp³-hybridized carbons (Fsp3) is 0.364. The highest BCUT2D eigenvalue weighted by Crippen LogP contribution is 2.33. The summed E-state index contributed by atoms with van der Waals surface area (Å²) in [6, 6.07) is 14.5. The van der Waals surface area contributed by atoms with Gasteiger partial charge in [0.05, 0.1) is 0 Å². The summed E-state index contributed by atoms with van der Waals surface area (Å²) < 4.78 is 11.1. The van der Waals surface area contributed by atoms with Crippen molar-refractivity contribution in [3.8, 4) is 11.5 Å². The third kappa shape index (κ3) is 3.73. The van der Waals surface area contributed by atoms with Crippen LogP contribution in [-0.4, -0.2) is 42.9 Å². The van der Waals surface area contributed by atoms with Crippen LogP contribution in [-0.2, 0) is 4.79 Å². The van der Waals surface area contributed by atoms with E-state index in [-0.39, 0.29) is 17.6 Å². The number of hydrogen-bond acceptors (Lipinski definition) is 5. The van der Waals surface area contributed by atoms with Crippen LogP contribution in [0.25, 0.3) is 0 Å². The number of likely N-dealkylation sites (tertiary alicyclic amines) is 1. The predicted molar refractivity (Wildman–Crippen MR) is 104 cm³/mol. The Morgan fingerprint density at radius 3 is 2.32 bits per heavy atom. The van der Waals surface area contributed by atoms with Crippen LogP contribution in [0.5, 0.6) is 11.5 Å². The molecule has 2 N–H and O–H groups in total. The lowest BCUT2D eigenvalue weighted by Gasteiger charge is -2.36. The summed E-state index contributed by atoms with van der Waals surface area (Å²) in [5, 5.41) is 0. The number of ketones is 1. The average molecular weight is 380 g/mol. The lowest BCUT2D eigenvalue weighted by molar-refractivity contribution is -0.124. The standard InChI is InChI=1S/C22H24N2O4/c23-22(26)20(15-4-2-1-3-5-15)24-10-8-16(9-11-24)21(25)17-6-7-18-19(14-17)28-13-12-27-18/h1-7,14,16,20H,8-13H2,(H2,23,26). The first-order chi connectivity index (χ1) is 13.6. The highest BCUT2D eigenvalue weighted by atomic mass is 16.6. The van der Waals surface area contributed by atoms with Crippen molar-refractivity contribution in [1.29, 1.82) is 0 Å². The number of piperidine rings is 1. The molecule has 28 heavy (non-hydrogen) atoms. The van der Waals surface area contributed by atoms with E-state index >= 15 is 0 Å². The summed E-state index contributed by atoms with van der Waals surface area (Å²) in [5.41, 5.74) is 7.22. The Balaban J connectivity index is 1.43. The van der Waals surface area contributed by atoms with Crippen molar-refractivity contribution < 1.29 is 19.1 Å². The second kappa shape index (κ2) is 8.02. The largest absolute Gasteiger partial charge is 0.486 e. The molecule has 0 spiro atoms. The van der Waals surface area contributed by atoms with Crippen LogP contribution >= 0.6 is 0 Å². The number of carbonyl (C=O) groups excluding carboxylic acids is 2. The zero-order valence-electron chi connectivity index (χ0n) is 15.7. The molecule has 0 radical (unpaired) electrons. The van der Waals surface area contributed by atoms with Gasteiger partial charge in [-0.3, -0.25) is 14.5 Å². The Morgan fingerprint density at radius 1 is 0.964 bits per heavy atom. The quantitative estimate of drug-likeness (QED) is 0.807. The number of ether oxygens (including phenoxy) is 2. The van der Waals surface area contributed by atoms with Gasteiger partial charge in [0.1, 0.15) is 19.3 Å². The Bertz CT molecular complexity index is 860. The number of carbonyl (C=O) groups is 2. The van der Waals surface area contributed by atoms with Gasteiger partial charge >= 0.3 is 0 Å². The monoisotopic (exact) mass is 380 g/mol. The van der Waals surface area contributed by atoms with E-state index < -0.39 is 6.04 Å². The first-order valence-electron chi connectivity index (χ1n) is 9.65. The Hall–Kier alpha value is -2.86. The number of Topliss-reactive ketones (excluding diaryl/α,β-unsaturated/α-hetero) is 1. The molecule has 1 amide bonds. The summed E-state index contributed by atoms with van der Waals surface area (Å²) in [4.78, 5) is 27.1. The van der Waals surface area contributed by atoms with Gasteiger partial charge in [0.2, 0.25) is 5.91 Å². The van der Waals surface area contributed by atoms with Crippen molar-refractivity contribution in [3.05, 3.63) is 59.7 Å². The van der Waals surface area contributed by atoms with Gasteiger partial charge in [-0.25, -0.2) is 0 Å². The van der Waals surface area contributed by atoms with Crippen LogP contribution in [0.3, 0.4) is 0 Å². The molecule has 1 atom stereocenters. The van der Waals surface area contributed by atoms with Gasteiger partial charge in [-0.05, 0) is 49.7 Å². The molecule has 0 saturated carbocycles. The van der Waals surface area contributed by atoms with Crippen molar-refractivity contribution >= 4 is 11.7 Å². The summed E-state index contributed by atoms with van der Waals surface area (Å²) >= 11 is 0. The number of hydrogen-bond donors (Lipinski definition) is 1. The number of rotatable bonds is 5. The second-order valence-corrected chi connectivity index (χ2v) is 7.25. The minimum atomic E-state index is -0.452. The van der Waals surface area contributed by atoms with E-state index in [0.717, 1.165) is 5.56 Å². The highest BCUT2D eigenvalue weighted by molar-refractivity contribution is 5.98. The maximum absolute atomic E-state index is 13.0. The maximum atomic E-state index is 13.0. The van der Waals surface area contributed by atoms with Crippen LogP contribution in [0.1, 0.15) is 34.8 Å². The van der Waals surface area contributed by atoms with Crippen LogP contribution < -0.4 is 15.2 Å². The number of nitrogens with two attached hydrogens (primary N) is 1. The Morgan fingerprint density at radius 2 is 1.64 bits per heavy atom. The second-order valence-electron chi connectivity index (χ2n) is 7.25. The van der Waals surface area contributed by atoms with E-state index in [1.165, 1.54) is 0 Å². The number of nitrogens with zero attached hydrogens (tertiary/aromatic N) is 1. The van der Waals surface area contributed by atoms with Gasteiger partial charge in [0.25, 0.3) is 0 Å². The van der Waals surface area contributed by atoms with E-state index in [1.807, 2.05) is 30.3 Å². The molecule has 2 aliphatic rings. The molecule has 2 aromatic carbocycles. The molecule has 0 aliphatic carbocycles. The van der Waals surface area contributed by atoms with E-state index in [2.05, 4.69) is 4.90 Å². The fourth-order valence-electron chi connectivity index (χ4n) is 4.04. The Kier molecular flexibility index (Phi) is 5.30. The number of fused-ring (bicyclic) bond motifs is 1. The van der Waals surface area contributed by atoms with Gasteiger partial charge in [-0.1, -0.05) is 30.3 Å². The number of primary amides is 1. The third-order valence-electron chi connectivity index (χ3n) is 5.48. The summed E-state index contributed by atoms with van der Waals surface area (Å²) in [6.45, 7) is 2.34. The maximum Gasteiger partial charge on any atom is 0.239 e. The van der Waals surface area contributed by atoms with Crippen molar-refractivity contribution in [2.24, 2.45) is 11.7 Å².